The van der Waals surface area contributed by atoms with Crippen LogP contribution < -0.4 is 5.32 Å². The Morgan fingerprint density at radius 2 is 1.86 bits per heavy atom. The first-order chi connectivity index (χ1) is 10.6. The molecule has 0 aliphatic carbocycles. The number of carbonyl (C=O) groups is 1. The molecule has 0 atom stereocenters. The van der Waals surface area contributed by atoms with Crippen LogP contribution in [0.4, 0.5) is 5.13 Å². The number of hydrogen-bond acceptors (Lipinski definition) is 4. The number of pyridine rings is 1. The van der Waals surface area contributed by atoms with Crippen molar-refractivity contribution in [3.05, 3.63) is 64.8 Å². The summed E-state index contributed by atoms with van der Waals surface area (Å²) >= 11 is 1.41. The maximum Gasteiger partial charge on any atom is 0.259 e. The molecule has 22 heavy (non-hydrogen) atoms. The minimum Gasteiger partial charge on any atom is -0.298 e. The van der Waals surface area contributed by atoms with Crippen LogP contribution in [0.1, 0.15) is 21.6 Å². The number of amides is 1. The summed E-state index contributed by atoms with van der Waals surface area (Å²) < 4.78 is 0. The number of anilines is 1. The van der Waals surface area contributed by atoms with Crippen molar-refractivity contribution in [2.45, 2.75) is 13.8 Å². The molecule has 0 unspecified atom stereocenters. The highest BCUT2D eigenvalue weighted by Crippen LogP contribution is 2.25. The van der Waals surface area contributed by atoms with Crippen molar-refractivity contribution in [3.63, 3.8) is 0 Å². The van der Waals surface area contributed by atoms with Gasteiger partial charge < -0.3 is 0 Å². The number of aromatic nitrogens is 2. The molecule has 1 aromatic carbocycles. The second-order valence-corrected chi connectivity index (χ2v) is 5.90. The summed E-state index contributed by atoms with van der Waals surface area (Å²) in [7, 11) is 0. The highest BCUT2D eigenvalue weighted by atomic mass is 32.1. The van der Waals surface area contributed by atoms with Crippen molar-refractivity contribution in [2.24, 2.45) is 0 Å². The molecule has 0 fully saturated rings. The van der Waals surface area contributed by atoms with E-state index in [-0.39, 0.29) is 5.91 Å². The summed E-state index contributed by atoms with van der Waals surface area (Å²) in [4.78, 5) is 20.7. The van der Waals surface area contributed by atoms with Gasteiger partial charge >= 0.3 is 0 Å². The highest BCUT2D eigenvalue weighted by molar-refractivity contribution is 7.14. The first-order valence-corrected chi connectivity index (χ1v) is 7.76. The first-order valence-electron chi connectivity index (χ1n) is 6.88. The Balaban J connectivity index is 1.75. The molecule has 1 N–H and O–H groups in total. The van der Waals surface area contributed by atoms with Gasteiger partial charge in [-0.15, -0.1) is 11.3 Å². The summed E-state index contributed by atoms with van der Waals surface area (Å²) in [6, 6.07) is 11.7. The van der Waals surface area contributed by atoms with Crippen LogP contribution in [0.5, 0.6) is 0 Å². The number of thiazole rings is 1. The van der Waals surface area contributed by atoms with Crippen molar-refractivity contribution >= 4 is 22.4 Å². The van der Waals surface area contributed by atoms with Gasteiger partial charge in [0.05, 0.1) is 11.3 Å². The monoisotopic (exact) mass is 309 g/mol. The van der Waals surface area contributed by atoms with Gasteiger partial charge in [0, 0.05) is 22.8 Å². The van der Waals surface area contributed by atoms with E-state index >= 15 is 0 Å². The molecule has 0 bridgehead atoms. The van der Waals surface area contributed by atoms with Crippen LogP contribution in [-0.4, -0.2) is 15.9 Å². The Kier molecular flexibility index (Phi) is 3.98. The summed E-state index contributed by atoms with van der Waals surface area (Å²) in [6.45, 7) is 3.93. The first kappa shape index (κ1) is 14.4. The second-order valence-electron chi connectivity index (χ2n) is 5.05. The van der Waals surface area contributed by atoms with E-state index in [4.69, 9.17) is 0 Å². The lowest BCUT2D eigenvalue weighted by atomic mass is 10.1. The number of benzene rings is 1. The SMILES string of the molecule is Cc1ccc(-c2csc(NC(=O)c3ccc(C)nc3)n2)cc1. The van der Waals surface area contributed by atoms with Gasteiger partial charge in [0.25, 0.3) is 5.91 Å². The highest BCUT2D eigenvalue weighted by Gasteiger charge is 2.10. The molecule has 4 nitrogen and oxygen atoms in total. The normalized spacial score (nSPS) is 10.5. The fourth-order valence-corrected chi connectivity index (χ4v) is 2.67. The lowest BCUT2D eigenvalue weighted by Crippen LogP contribution is -2.12. The minimum atomic E-state index is -0.197. The van der Waals surface area contributed by atoms with Crippen LogP contribution in [0.3, 0.4) is 0 Å². The van der Waals surface area contributed by atoms with Crippen LogP contribution in [0.15, 0.2) is 48.0 Å². The van der Waals surface area contributed by atoms with Crippen LogP contribution in [0.2, 0.25) is 0 Å². The molecule has 2 aromatic heterocycles. The molecule has 0 spiro atoms. The van der Waals surface area contributed by atoms with Crippen molar-refractivity contribution in [3.8, 4) is 11.3 Å². The van der Waals surface area contributed by atoms with Crippen LogP contribution in [0.25, 0.3) is 11.3 Å². The minimum absolute atomic E-state index is 0.197. The third-order valence-electron chi connectivity index (χ3n) is 3.25. The number of nitrogens with zero attached hydrogens (tertiary/aromatic N) is 2. The van der Waals surface area contributed by atoms with Gasteiger partial charge in [0.1, 0.15) is 0 Å². The molecule has 5 heteroatoms. The maximum absolute atomic E-state index is 12.1. The third kappa shape index (κ3) is 3.20. The van der Waals surface area contributed by atoms with Crippen LogP contribution >= 0.6 is 11.3 Å². The average Bonchev–Trinajstić information content (AvgIpc) is 2.97. The zero-order valence-electron chi connectivity index (χ0n) is 12.3. The smallest absolute Gasteiger partial charge is 0.259 e. The van der Waals surface area contributed by atoms with E-state index in [2.05, 4.69) is 15.3 Å². The fraction of sp³-hybridized carbons (Fsp3) is 0.118. The van der Waals surface area contributed by atoms with Crippen LogP contribution in [-0.2, 0) is 0 Å². The number of hydrogen-bond donors (Lipinski definition) is 1. The molecule has 0 saturated carbocycles. The lowest BCUT2D eigenvalue weighted by molar-refractivity contribution is 0.102. The quantitative estimate of drug-likeness (QED) is 0.793. The third-order valence-corrected chi connectivity index (χ3v) is 4.00. The summed E-state index contributed by atoms with van der Waals surface area (Å²) in [5.74, 6) is -0.197. The van der Waals surface area contributed by atoms with Crippen molar-refractivity contribution in [2.75, 3.05) is 5.32 Å². The maximum atomic E-state index is 12.1. The Morgan fingerprint density at radius 3 is 2.55 bits per heavy atom. The zero-order valence-corrected chi connectivity index (χ0v) is 13.1. The lowest BCUT2D eigenvalue weighted by Gasteiger charge is -2.01. The Labute approximate surface area is 132 Å². The Bertz CT molecular complexity index is 792. The molecule has 3 aromatic rings. The van der Waals surface area contributed by atoms with Gasteiger partial charge in [-0.1, -0.05) is 29.8 Å². The Hall–Kier alpha value is -2.53. The molecule has 0 aliphatic rings. The predicted octanol–water partition coefficient (Wildman–Crippen LogP) is 4.07. The van der Waals surface area contributed by atoms with Gasteiger partial charge in [0.2, 0.25) is 0 Å². The van der Waals surface area contributed by atoms with Crippen molar-refractivity contribution < 1.29 is 4.79 Å². The zero-order chi connectivity index (χ0) is 15.5. The average molecular weight is 309 g/mol. The van der Waals surface area contributed by atoms with E-state index in [1.807, 2.05) is 49.6 Å². The molecule has 1 amide bonds. The van der Waals surface area contributed by atoms with Gasteiger partial charge in [-0.25, -0.2) is 4.98 Å². The van der Waals surface area contributed by atoms with Crippen LogP contribution in [0, 0.1) is 13.8 Å². The van der Waals surface area contributed by atoms with E-state index in [0.29, 0.717) is 10.7 Å². The van der Waals surface area contributed by atoms with E-state index in [1.54, 1.807) is 12.3 Å². The number of carbonyl (C=O) groups excluding carboxylic acids is 1. The molecular weight excluding hydrogens is 294 g/mol. The topological polar surface area (TPSA) is 54.9 Å². The summed E-state index contributed by atoms with van der Waals surface area (Å²) in [5.41, 5.74) is 4.52. The summed E-state index contributed by atoms with van der Waals surface area (Å²) in [5, 5.41) is 5.33. The number of nitrogens with one attached hydrogen (secondary N) is 1. The summed E-state index contributed by atoms with van der Waals surface area (Å²) in [6.07, 6.45) is 1.57. The standard InChI is InChI=1S/C17H15N3OS/c1-11-3-6-13(7-4-11)15-10-22-17(19-15)20-16(21)14-8-5-12(2)18-9-14/h3-10H,1-2H3,(H,19,20,21). The largest absolute Gasteiger partial charge is 0.298 e. The molecular formula is C17H15N3OS. The van der Waals surface area contributed by atoms with Gasteiger partial charge in [0.15, 0.2) is 5.13 Å². The number of aryl methyl sites for hydroxylation is 2. The van der Waals surface area contributed by atoms with E-state index < -0.39 is 0 Å². The van der Waals surface area contributed by atoms with Gasteiger partial charge in [-0.05, 0) is 26.0 Å². The Morgan fingerprint density at radius 1 is 1.09 bits per heavy atom. The van der Waals surface area contributed by atoms with E-state index in [1.165, 1.54) is 16.9 Å². The molecule has 3 rings (SSSR count). The second kappa shape index (κ2) is 6.07. The van der Waals surface area contributed by atoms with Gasteiger partial charge in [-0.3, -0.25) is 15.1 Å². The van der Waals surface area contributed by atoms with Crippen molar-refractivity contribution in [1.82, 2.24) is 9.97 Å². The van der Waals surface area contributed by atoms with E-state index in [9.17, 15) is 4.79 Å². The molecule has 110 valence electrons. The fourth-order valence-electron chi connectivity index (χ4n) is 1.96. The molecule has 2 heterocycles. The molecule has 0 radical (unpaired) electrons. The number of rotatable bonds is 3. The van der Waals surface area contributed by atoms with Crippen molar-refractivity contribution in [1.29, 1.82) is 0 Å². The van der Waals surface area contributed by atoms with Gasteiger partial charge in [-0.2, -0.15) is 0 Å². The van der Waals surface area contributed by atoms with E-state index in [0.717, 1.165) is 17.0 Å². The molecule has 0 saturated heterocycles. The molecule has 0 aliphatic heterocycles. The predicted molar refractivity (Wildman–Crippen MR) is 89.2 cm³/mol.